The molecule has 16 heavy (non-hydrogen) atoms. The maximum atomic E-state index is 10.2. The highest BCUT2D eigenvalue weighted by Crippen LogP contribution is 2.31. The summed E-state index contributed by atoms with van der Waals surface area (Å²) >= 11 is 0. The van der Waals surface area contributed by atoms with E-state index < -0.39 is 0 Å². The molecule has 1 aliphatic carbocycles. The van der Waals surface area contributed by atoms with Gasteiger partial charge in [-0.3, -0.25) is 4.68 Å². The van der Waals surface area contributed by atoms with Crippen LogP contribution in [0.1, 0.15) is 38.3 Å². The van der Waals surface area contributed by atoms with Crippen LogP contribution in [-0.4, -0.2) is 21.0 Å². The van der Waals surface area contributed by atoms with Crippen molar-refractivity contribution in [1.82, 2.24) is 9.78 Å². The maximum Gasteiger partial charge on any atom is 0.0650 e. The lowest BCUT2D eigenvalue weighted by Gasteiger charge is -2.30. The Hall–Kier alpha value is -0.830. The van der Waals surface area contributed by atoms with Gasteiger partial charge in [0.15, 0.2) is 0 Å². The lowest BCUT2D eigenvalue weighted by Crippen LogP contribution is -2.27. The van der Waals surface area contributed by atoms with Crippen LogP contribution in [0.5, 0.6) is 0 Å². The van der Waals surface area contributed by atoms with E-state index in [1.807, 2.05) is 19.3 Å². The summed E-state index contributed by atoms with van der Waals surface area (Å²) in [5, 5.41) is 14.5. The number of hydrogen-bond donors (Lipinski definition) is 1. The Morgan fingerprint density at radius 3 is 3.00 bits per heavy atom. The third-order valence-corrected chi connectivity index (χ3v) is 3.71. The van der Waals surface area contributed by atoms with Crippen molar-refractivity contribution in [1.29, 1.82) is 0 Å². The molecule has 0 bridgehead atoms. The molecule has 1 N–H and O–H groups in total. The van der Waals surface area contributed by atoms with Gasteiger partial charge in [-0.15, -0.1) is 0 Å². The van der Waals surface area contributed by atoms with E-state index in [1.165, 1.54) is 25.7 Å². The van der Waals surface area contributed by atoms with Crippen molar-refractivity contribution in [2.24, 2.45) is 18.9 Å². The Balaban J connectivity index is 1.89. The molecule has 0 aliphatic heterocycles. The van der Waals surface area contributed by atoms with E-state index in [-0.39, 0.29) is 6.10 Å². The second-order valence-electron chi connectivity index (χ2n) is 5.28. The topological polar surface area (TPSA) is 38.0 Å². The Morgan fingerprint density at radius 1 is 1.56 bits per heavy atom. The van der Waals surface area contributed by atoms with Crippen LogP contribution < -0.4 is 0 Å². The van der Waals surface area contributed by atoms with Crippen LogP contribution in [0.2, 0.25) is 0 Å². The number of aliphatic hydroxyl groups excluding tert-OH is 1. The van der Waals surface area contributed by atoms with Gasteiger partial charge in [0.2, 0.25) is 0 Å². The van der Waals surface area contributed by atoms with Crippen LogP contribution in [0.25, 0.3) is 0 Å². The molecule has 3 heteroatoms. The van der Waals surface area contributed by atoms with E-state index in [2.05, 4.69) is 12.0 Å². The molecule has 0 amide bonds. The van der Waals surface area contributed by atoms with Gasteiger partial charge in [-0.1, -0.05) is 19.8 Å². The van der Waals surface area contributed by atoms with E-state index >= 15 is 0 Å². The zero-order valence-electron chi connectivity index (χ0n) is 10.3. The highest BCUT2D eigenvalue weighted by Gasteiger charge is 2.25. The highest BCUT2D eigenvalue weighted by molar-refractivity contribution is 5.01. The summed E-state index contributed by atoms with van der Waals surface area (Å²) in [6.45, 7) is 2.29. The zero-order valence-corrected chi connectivity index (χ0v) is 10.3. The minimum atomic E-state index is -0.211. The van der Waals surface area contributed by atoms with Gasteiger partial charge in [-0.25, -0.2) is 0 Å². The first kappa shape index (κ1) is 11.6. The van der Waals surface area contributed by atoms with E-state index in [0.717, 1.165) is 11.6 Å². The molecule has 3 unspecified atom stereocenters. The van der Waals surface area contributed by atoms with E-state index in [1.54, 1.807) is 4.68 Å². The molecule has 90 valence electrons. The van der Waals surface area contributed by atoms with E-state index in [0.29, 0.717) is 12.3 Å². The van der Waals surface area contributed by atoms with Crippen molar-refractivity contribution >= 4 is 0 Å². The molecule has 3 atom stereocenters. The van der Waals surface area contributed by atoms with Gasteiger partial charge in [0, 0.05) is 19.7 Å². The summed E-state index contributed by atoms with van der Waals surface area (Å²) in [6.07, 6.45) is 7.38. The summed E-state index contributed by atoms with van der Waals surface area (Å²) in [7, 11) is 1.92. The fourth-order valence-corrected chi connectivity index (χ4v) is 2.78. The average molecular weight is 222 g/mol. The van der Waals surface area contributed by atoms with Crippen molar-refractivity contribution in [2.75, 3.05) is 0 Å². The molecule has 2 rings (SSSR count). The molecule has 1 fully saturated rings. The standard InChI is InChI=1S/C13H22N2O/c1-10-4-3-5-11(8-10)13(16)9-12-6-7-15(2)14-12/h6-7,10-11,13,16H,3-5,8-9H2,1-2H3. The Kier molecular flexibility index (Phi) is 3.64. The van der Waals surface area contributed by atoms with E-state index in [9.17, 15) is 5.11 Å². The van der Waals surface area contributed by atoms with Crippen molar-refractivity contribution in [3.05, 3.63) is 18.0 Å². The molecular formula is C13H22N2O. The molecular weight excluding hydrogens is 200 g/mol. The van der Waals surface area contributed by atoms with Gasteiger partial charge in [0.05, 0.1) is 11.8 Å². The average Bonchev–Trinajstić information content (AvgIpc) is 2.64. The van der Waals surface area contributed by atoms with Crippen molar-refractivity contribution < 1.29 is 5.11 Å². The summed E-state index contributed by atoms with van der Waals surface area (Å²) in [5.74, 6) is 1.25. The number of nitrogens with zero attached hydrogens (tertiary/aromatic N) is 2. The lowest BCUT2D eigenvalue weighted by molar-refractivity contribution is 0.0711. The molecule has 3 nitrogen and oxygen atoms in total. The second-order valence-corrected chi connectivity index (χ2v) is 5.28. The summed E-state index contributed by atoms with van der Waals surface area (Å²) in [6, 6.07) is 2.00. The van der Waals surface area contributed by atoms with Crippen LogP contribution in [0.15, 0.2) is 12.3 Å². The monoisotopic (exact) mass is 222 g/mol. The number of aliphatic hydroxyl groups is 1. The van der Waals surface area contributed by atoms with Crippen molar-refractivity contribution in [3.63, 3.8) is 0 Å². The Bertz CT molecular complexity index is 334. The minimum absolute atomic E-state index is 0.211. The van der Waals surface area contributed by atoms with Gasteiger partial charge >= 0.3 is 0 Å². The molecule has 1 aromatic heterocycles. The summed E-state index contributed by atoms with van der Waals surface area (Å²) < 4.78 is 1.80. The fourth-order valence-electron chi connectivity index (χ4n) is 2.78. The van der Waals surface area contributed by atoms with E-state index in [4.69, 9.17) is 0 Å². The SMILES string of the molecule is CC1CCCC(C(O)Cc2ccn(C)n2)C1. The van der Waals surface area contributed by atoms with Crippen LogP contribution in [0.3, 0.4) is 0 Å². The Morgan fingerprint density at radius 2 is 2.38 bits per heavy atom. The quantitative estimate of drug-likeness (QED) is 0.851. The van der Waals surface area contributed by atoms with Crippen molar-refractivity contribution in [3.8, 4) is 0 Å². The molecule has 1 saturated carbocycles. The maximum absolute atomic E-state index is 10.2. The molecule has 1 aromatic rings. The van der Waals surface area contributed by atoms with Crippen LogP contribution in [0, 0.1) is 11.8 Å². The predicted octanol–water partition coefficient (Wildman–Crippen LogP) is 2.15. The predicted molar refractivity (Wildman–Crippen MR) is 64.0 cm³/mol. The normalized spacial score (nSPS) is 27.9. The van der Waals surface area contributed by atoms with Gasteiger partial charge in [-0.2, -0.15) is 5.10 Å². The third kappa shape index (κ3) is 2.85. The molecule has 1 heterocycles. The molecule has 0 spiro atoms. The lowest BCUT2D eigenvalue weighted by atomic mass is 9.78. The van der Waals surface area contributed by atoms with Gasteiger partial charge in [0.25, 0.3) is 0 Å². The fraction of sp³-hybridized carbons (Fsp3) is 0.769. The first-order valence-corrected chi connectivity index (χ1v) is 6.31. The summed E-state index contributed by atoms with van der Waals surface area (Å²) in [5.41, 5.74) is 1.01. The van der Waals surface area contributed by atoms with Crippen LogP contribution in [-0.2, 0) is 13.5 Å². The zero-order chi connectivity index (χ0) is 11.5. The van der Waals surface area contributed by atoms with Crippen LogP contribution in [0.4, 0.5) is 0 Å². The summed E-state index contributed by atoms with van der Waals surface area (Å²) in [4.78, 5) is 0. The molecule has 1 aliphatic rings. The van der Waals surface area contributed by atoms with Gasteiger partial charge in [0.1, 0.15) is 0 Å². The first-order chi connectivity index (χ1) is 7.65. The Labute approximate surface area is 97.5 Å². The number of hydrogen-bond acceptors (Lipinski definition) is 2. The number of rotatable bonds is 3. The molecule has 0 radical (unpaired) electrons. The van der Waals surface area contributed by atoms with Gasteiger partial charge < -0.3 is 5.11 Å². The number of aryl methyl sites for hydroxylation is 1. The first-order valence-electron chi connectivity index (χ1n) is 6.31. The third-order valence-electron chi connectivity index (χ3n) is 3.71. The highest BCUT2D eigenvalue weighted by atomic mass is 16.3. The van der Waals surface area contributed by atoms with Crippen LogP contribution >= 0.6 is 0 Å². The van der Waals surface area contributed by atoms with Gasteiger partial charge in [-0.05, 0) is 30.7 Å². The largest absolute Gasteiger partial charge is 0.392 e. The smallest absolute Gasteiger partial charge is 0.0650 e. The molecule has 0 saturated heterocycles. The molecule has 0 aromatic carbocycles. The minimum Gasteiger partial charge on any atom is -0.392 e. The second kappa shape index (κ2) is 5.00. The van der Waals surface area contributed by atoms with Crippen molar-refractivity contribution in [2.45, 2.75) is 45.1 Å². The number of aromatic nitrogens is 2.